The lowest BCUT2D eigenvalue weighted by Gasteiger charge is -2.13. The van der Waals surface area contributed by atoms with Gasteiger partial charge in [-0.25, -0.2) is 4.68 Å². The van der Waals surface area contributed by atoms with Gasteiger partial charge in [-0.15, -0.1) is 13.2 Å². The first-order valence-corrected chi connectivity index (χ1v) is 8.37. The van der Waals surface area contributed by atoms with E-state index in [0.717, 1.165) is 12.1 Å². The van der Waals surface area contributed by atoms with Crippen LogP contribution >= 0.6 is 11.6 Å². The van der Waals surface area contributed by atoms with Gasteiger partial charge in [0.2, 0.25) is 5.91 Å². The van der Waals surface area contributed by atoms with E-state index < -0.39 is 12.3 Å². The molecule has 0 atom stereocenters. The minimum atomic E-state index is -4.77. The third-order valence-electron chi connectivity index (χ3n) is 3.52. The summed E-state index contributed by atoms with van der Waals surface area (Å²) in [7, 11) is 0. The number of nitrogens with zero attached hydrogens (tertiary/aromatic N) is 2. The quantitative estimate of drug-likeness (QED) is 0.629. The minimum absolute atomic E-state index is 0.0879. The second-order valence-electron chi connectivity index (χ2n) is 5.59. The van der Waals surface area contributed by atoms with Crippen LogP contribution in [0.4, 0.5) is 24.5 Å². The van der Waals surface area contributed by atoms with E-state index in [2.05, 4.69) is 20.5 Å². The van der Waals surface area contributed by atoms with Gasteiger partial charge in [0, 0.05) is 23.1 Å². The van der Waals surface area contributed by atoms with E-state index >= 15 is 0 Å². The molecule has 0 aliphatic heterocycles. The standard InChI is InChI=1S/C18H14ClF3N4O2/c19-12-2-7-16(26-9-1-8-24-26)15(10-12)23-11-17(27)25-13-3-5-14(6-4-13)28-18(20,21)22/h1-10,23H,11H2,(H,25,27). The SMILES string of the molecule is O=C(CNc1cc(Cl)ccc1-n1cccn1)Nc1ccc(OC(F)(F)F)cc1. The Morgan fingerprint density at radius 3 is 2.57 bits per heavy atom. The lowest BCUT2D eigenvalue weighted by molar-refractivity contribution is -0.274. The number of ether oxygens (including phenoxy) is 1. The molecule has 0 radical (unpaired) electrons. The fraction of sp³-hybridized carbons (Fsp3) is 0.111. The molecule has 3 aromatic rings. The van der Waals surface area contributed by atoms with Crippen molar-refractivity contribution in [3.63, 3.8) is 0 Å². The van der Waals surface area contributed by atoms with Gasteiger partial charge in [0.05, 0.1) is 17.9 Å². The Labute approximate surface area is 162 Å². The van der Waals surface area contributed by atoms with Crippen molar-refractivity contribution in [1.82, 2.24) is 9.78 Å². The van der Waals surface area contributed by atoms with Gasteiger partial charge >= 0.3 is 6.36 Å². The molecule has 28 heavy (non-hydrogen) atoms. The van der Waals surface area contributed by atoms with Gasteiger partial charge < -0.3 is 15.4 Å². The summed E-state index contributed by atoms with van der Waals surface area (Å²) in [5, 5.41) is 10.2. The molecule has 10 heteroatoms. The summed E-state index contributed by atoms with van der Waals surface area (Å²) in [6.45, 7) is -0.0879. The van der Waals surface area contributed by atoms with Crippen molar-refractivity contribution in [3.8, 4) is 11.4 Å². The third-order valence-corrected chi connectivity index (χ3v) is 3.76. The van der Waals surface area contributed by atoms with Gasteiger partial charge in [-0.05, 0) is 48.5 Å². The normalized spacial score (nSPS) is 11.1. The van der Waals surface area contributed by atoms with Gasteiger partial charge in [-0.2, -0.15) is 5.10 Å². The van der Waals surface area contributed by atoms with Crippen molar-refractivity contribution in [3.05, 3.63) is 65.9 Å². The van der Waals surface area contributed by atoms with Crippen molar-refractivity contribution in [1.29, 1.82) is 0 Å². The van der Waals surface area contributed by atoms with Gasteiger partial charge in [0.25, 0.3) is 0 Å². The molecule has 0 bridgehead atoms. The number of hydrogen-bond acceptors (Lipinski definition) is 4. The smallest absolute Gasteiger partial charge is 0.406 e. The number of rotatable bonds is 6. The predicted octanol–water partition coefficient (Wildman–Crippen LogP) is 4.47. The number of nitrogens with one attached hydrogen (secondary N) is 2. The van der Waals surface area contributed by atoms with Gasteiger partial charge in [-0.1, -0.05) is 11.6 Å². The lowest BCUT2D eigenvalue weighted by atomic mass is 10.2. The zero-order valence-corrected chi connectivity index (χ0v) is 15.0. The molecule has 0 unspecified atom stereocenters. The molecule has 2 N–H and O–H groups in total. The zero-order chi connectivity index (χ0) is 20.1. The van der Waals surface area contributed by atoms with Crippen LogP contribution < -0.4 is 15.4 Å². The first kappa shape index (κ1) is 19.6. The molecule has 0 fully saturated rings. The van der Waals surface area contributed by atoms with Crippen molar-refractivity contribution in [2.75, 3.05) is 17.2 Å². The highest BCUT2D eigenvalue weighted by Gasteiger charge is 2.30. The van der Waals surface area contributed by atoms with Crippen LogP contribution in [0.1, 0.15) is 0 Å². The molecule has 6 nitrogen and oxygen atoms in total. The van der Waals surface area contributed by atoms with Crippen LogP contribution in [0, 0.1) is 0 Å². The molecule has 0 spiro atoms. The second-order valence-corrected chi connectivity index (χ2v) is 6.02. The van der Waals surface area contributed by atoms with Crippen LogP contribution in [0.5, 0.6) is 5.75 Å². The zero-order valence-electron chi connectivity index (χ0n) is 14.2. The Kier molecular flexibility index (Phi) is 5.74. The van der Waals surface area contributed by atoms with Crippen molar-refractivity contribution < 1.29 is 22.7 Å². The van der Waals surface area contributed by atoms with Crippen LogP contribution in [-0.4, -0.2) is 28.6 Å². The monoisotopic (exact) mass is 410 g/mol. The number of carbonyl (C=O) groups excluding carboxylic acids is 1. The Morgan fingerprint density at radius 1 is 1.18 bits per heavy atom. The Morgan fingerprint density at radius 2 is 1.93 bits per heavy atom. The van der Waals surface area contributed by atoms with Gasteiger partial charge in [0.1, 0.15) is 5.75 Å². The molecule has 0 aliphatic rings. The maximum Gasteiger partial charge on any atom is 0.573 e. The fourth-order valence-corrected chi connectivity index (χ4v) is 2.55. The van der Waals surface area contributed by atoms with Crippen molar-refractivity contribution in [2.45, 2.75) is 6.36 Å². The summed E-state index contributed by atoms with van der Waals surface area (Å²) in [5.74, 6) is -0.762. The summed E-state index contributed by atoms with van der Waals surface area (Å²) in [4.78, 5) is 12.1. The predicted molar refractivity (Wildman–Crippen MR) is 98.8 cm³/mol. The molecule has 146 valence electrons. The summed E-state index contributed by atoms with van der Waals surface area (Å²) in [6.07, 6.45) is -1.39. The summed E-state index contributed by atoms with van der Waals surface area (Å²) >= 11 is 6.02. The lowest BCUT2D eigenvalue weighted by Crippen LogP contribution is -2.22. The van der Waals surface area contributed by atoms with Gasteiger partial charge in [-0.3, -0.25) is 4.79 Å². The second kappa shape index (κ2) is 8.22. The van der Waals surface area contributed by atoms with Crippen LogP contribution in [0.3, 0.4) is 0 Å². The summed E-state index contributed by atoms with van der Waals surface area (Å²) in [5.41, 5.74) is 1.64. The van der Waals surface area contributed by atoms with Crippen molar-refractivity contribution >= 4 is 28.9 Å². The van der Waals surface area contributed by atoms with Crippen molar-refractivity contribution in [2.24, 2.45) is 0 Å². The van der Waals surface area contributed by atoms with E-state index in [1.807, 2.05) is 0 Å². The molecule has 0 aliphatic carbocycles. The number of halogens is 4. The first-order valence-electron chi connectivity index (χ1n) is 7.99. The number of aromatic nitrogens is 2. The van der Waals surface area contributed by atoms with E-state index in [1.54, 1.807) is 41.3 Å². The highest BCUT2D eigenvalue weighted by atomic mass is 35.5. The topological polar surface area (TPSA) is 68.2 Å². The molecule has 1 amide bonds. The molecular formula is C18H14ClF3N4O2. The van der Waals surface area contributed by atoms with E-state index in [4.69, 9.17) is 11.6 Å². The fourth-order valence-electron chi connectivity index (χ4n) is 2.38. The minimum Gasteiger partial charge on any atom is -0.406 e. The number of alkyl halides is 3. The van der Waals surface area contributed by atoms with E-state index in [-0.39, 0.29) is 12.3 Å². The number of anilines is 2. The Bertz CT molecular complexity index is 944. The van der Waals surface area contributed by atoms with E-state index in [9.17, 15) is 18.0 Å². The Hall–Kier alpha value is -3.20. The summed E-state index contributed by atoms with van der Waals surface area (Å²) in [6, 6.07) is 11.7. The molecule has 0 saturated carbocycles. The summed E-state index contributed by atoms with van der Waals surface area (Å²) < 4.78 is 41.9. The molecule has 1 aromatic heterocycles. The van der Waals surface area contributed by atoms with Crippen LogP contribution in [0.25, 0.3) is 5.69 Å². The van der Waals surface area contributed by atoms with Crippen LogP contribution in [0.2, 0.25) is 5.02 Å². The average Bonchev–Trinajstić information content (AvgIpc) is 3.15. The van der Waals surface area contributed by atoms with Crippen LogP contribution in [-0.2, 0) is 4.79 Å². The largest absolute Gasteiger partial charge is 0.573 e. The molecule has 1 heterocycles. The van der Waals surface area contributed by atoms with Crippen LogP contribution in [0.15, 0.2) is 60.9 Å². The average molecular weight is 411 g/mol. The maximum atomic E-state index is 12.2. The number of hydrogen-bond donors (Lipinski definition) is 2. The third kappa shape index (κ3) is 5.40. The number of carbonyl (C=O) groups is 1. The van der Waals surface area contributed by atoms with E-state index in [1.165, 1.54) is 12.1 Å². The first-order chi connectivity index (χ1) is 13.3. The highest BCUT2D eigenvalue weighted by Crippen LogP contribution is 2.25. The van der Waals surface area contributed by atoms with E-state index in [0.29, 0.717) is 22.1 Å². The molecule has 0 saturated heterocycles. The molecule has 3 rings (SSSR count). The highest BCUT2D eigenvalue weighted by molar-refractivity contribution is 6.31. The maximum absolute atomic E-state index is 12.2. The number of benzene rings is 2. The molecule has 2 aromatic carbocycles. The molecular weight excluding hydrogens is 397 g/mol. The van der Waals surface area contributed by atoms with Gasteiger partial charge in [0.15, 0.2) is 0 Å². The number of amides is 1. The Balaban J connectivity index is 1.61.